The Morgan fingerprint density at radius 3 is 2.10 bits per heavy atom. The molecule has 1 aliphatic heterocycles. The van der Waals surface area contributed by atoms with E-state index in [1.54, 1.807) is 36.4 Å². The summed E-state index contributed by atoms with van der Waals surface area (Å²) in [5.74, 6) is -0.767. The molecule has 196 valence electrons. The molecule has 0 saturated carbocycles. The number of carbonyl (C=O) groups is 3. The Morgan fingerprint density at radius 2 is 1.45 bits per heavy atom. The predicted octanol–water partition coefficient (Wildman–Crippen LogP) is 6.17. The topological polar surface area (TPSA) is 103 Å². The number of rotatable bonds is 6. The lowest BCUT2D eigenvalue weighted by Crippen LogP contribution is -2.29. The van der Waals surface area contributed by atoms with E-state index in [1.165, 1.54) is 48.7 Å². The number of nitrogens with zero attached hydrogens (tertiary/aromatic N) is 1. The van der Waals surface area contributed by atoms with E-state index in [4.69, 9.17) is 13.9 Å². The molecule has 0 N–H and O–H groups in total. The fraction of sp³-hybridized carbons (Fsp3) is 0.0625. The predicted molar refractivity (Wildman–Crippen MR) is 147 cm³/mol. The van der Waals surface area contributed by atoms with Gasteiger partial charge in [0.2, 0.25) is 11.2 Å². The fourth-order valence-corrected chi connectivity index (χ4v) is 4.48. The highest BCUT2D eigenvalue weighted by molar-refractivity contribution is 6.34. The standard InChI is InChI=1S/C32H21NO7/c1-2-19-7-13-22(14-8-19)39-28-18-38-27-17-23(15-16-26(27)29(28)34)40-32(37)20-9-11-21(12-10-20)33-30(35)24-5-3-4-6-25(24)31(33)36/h3-18H,2H2,1H3. The van der Waals surface area contributed by atoms with Gasteiger partial charge in [-0.1, -0.05) is 31.2 Å². The van der Waals surface area contributed by atoms with Gasteiger partial charge in [0.1, 0.15) is 23.3 Å². The van der Waals surface area contributed by atoms with Crippen molar-refractivity contribution in [3.8, 4) is 17.2 Å². The number of imide groups is 1. The van der Waals surface area contributed by atoms with Gasteiger partial charge in [0.15, 0.2) is 0 Å². The van der Waals surface area contributed by atoms with Crippen LogP contribution in [-0.2, 0) is 6.42 Å². The number of esters is 1. The van der Waals surface area contributed by atoms with Crippen molar-refractivity contribution in [3.63, 3.8) is 0 Å². The van der Waals surface area contributed by atoms with Crippen molar-refractivity contribution in [2.75, 3.05) is 4.90 Å². The van der Waals surface area contributed by atoms with E-state index < -0.39 is 17.8 Å². The van der Waals surface area contributed by atoms with Gasteiger partial charge in [-0.25, -0.2) is 9.69 Å². The van der Waals surface area contributed by atoms with Crippen molar-refractivity contribution in [1.29, 1.82) is 0 Å². The highest BCUT2D eigenvalue weighted by Gasteiger charge is 2.36. The van der Waals surface area contributed by atoms with Crippen LogP contribution in [-0.4, -0.2) is 17.8 Å². The summed E-state index contributed by atoms with van der Waals surface area (Å²) in [6.07, 6.45) is 2.12. The largest absolute Gasteiger partial charge is 0.460 e. The summed E-state index contributed by atoms with van der Waals surface area (Å²) in [5.41, 5.74) is 2.24. The van der Waals surface area contributed by atoms with Gasteiger partial charge in [-0.15, -0.1) is 0 Å². The van der Waals surface area contributed by atoms with Gasteiger partial charge in [0.05, 0.1) is 27.8 Å². The number of ether oxygens (including phenoxy) is 2. The zero-order valence-corrected chi connectivity index (χ0v) is 21.2. The maximum absolute atomic E-state index is 12.9. The minimum atomic E-state index is -0.661. The van der Waals surface area contributed by atoms with Gasteiger partial charge >= 0.3 is 5.97 Å². The number of anilines is 1. The molecule has 6 rings (SSSR count). The SMILES string of the molecule is CCc1ccc(Oc2coc3cc(OC(=O)c4ccc(N5C(=O)c6ccccc6C5=O)cc4)ccc3c2=O)cc1. The Bertz CT molecular complexity index is 1820. The van der Waals surface area contributed by atoms with Crippen LogP contribution in [0, 0.1) is 0 Å². The van der Waals surface area contributed by atoms with Gasteiger partial charge in [0, 0.05) is 6.07 Å². The maximum Gasteiger partial charge on any atom is 0.343 e. The molecule has 8 nitrogen and oxygen atoms in total. The quantitative estimate of drug-likeness (QED) is 0.147. The normalized spacial score (nSPS) is 12.5. The average molecular weight is 532 g/mol. The molecule has 0 aliphatic carbocycles. The molecule has 2 amide bonds. The third-order valence-corrected chi connectivity index (χ3v) is 6.64. The van der Waals surface area contributed by atoms with E-state index in [1.807, 2.05) is 12.1 Å². The summed E-state index contributed by atoms with van der Waals surface area (Å²) in [6, 6.07) is 24.4. The molecule has 0 saturated heterocycles. The Labute approximate surface area is 228 Å². The number of amides is 2. The van der Waals surface area contributed by atoms with Gasteiger partial charge < -0.3 is 13.9 Å². The first-order valence-corrected chi connectivity index (χ1v) is 12.6. The summed E-state index contributed by atoms with van der Waals surface area (Å²) in [4.78, 5) is 52.2. The van der Waals surface area contributed by atoms with Crippen molar-refractivity contribution >= 4 is 34.4 Å². The summed E-state index contributed by atoms with van der Waals surface area (Å²) < 4.78 is 16.8. The van der Waals surface area contributed by atoms with E-state index >= 15 is 0 Å². The van der Waals surface area contributed by atoms with E-state index in [9.17, 15) is 19.2 Å². The minimum absolute atomic E-state index is 0.0413. The second kappa shape index (κ2) is 9.99. The molecule has 0 fully saturated rings. The van der Waals surface area contributed by atoms with E-state index in [-0.39, 0.29) is 33.5 Å². The molecule has 40 heavy (non-hydrogen) atoms. The number of carbonyl (C=O) groups excluding carboxylic acids is 3. The van der Waals surface area contributed by atoms with Gasteiger partial charge in [-0.2, -0.15) is 0 Å². The van der Waals surface area contributed by atoms with Crippen LogP contribution in [0.4, 0.5) is 5.69 Å². The molecule has 1 aromatic heterocycles. The van der Waals surface area contributed by atoms with Gasteiger partial charge in [-0.05, 0) is 72.6 Å². The van der Waals surface area contributed by atoms with Crippen LogP contribution in [0.1, 0.15) is 43.6 Å². The van der Waals surface area contributed by atoms with Crippen LogP contribution >= 0.6 is 0 Å². The van der Waals surface area contributed by atoms with Crippen molar-refractivity contribution < 1.29 is 28.3 Å². The average Bonchev–Trinajstić information content (AvgIpc) is 3.24. The summed E-state index contributed by atoms with van der Waals surface area (Å²) >= 11 is 0. The maximum atomic E-state index is 12.9. The van der Waals surface area contributed by atoms with Crippen LogP contribution in [0.3, 0.4) is 0 Å². The number of hydrogen-bond acceptors (Lipinski definition) is 7. The summed E-state index contributed by atoms with van der Waals surface area (Å²) in [6.45, 7) is 2.05. The summed E-state index contributed by atoms with van der Waals surface area (Å²) in [7, 11) is 0. The van der Waals surface area contributed by atoms with Crippen molar-refractivity contribution in [1.82, 2.24) is 0 Å². The van der Waals surface area contributed by atoms with Gasteiger partial charge in [-0.3, -0.25) is 14.4 Å². The van der Waals surface area contributed by atoms with Crippen molar-refractivity contribution in [3.05, 3.63) is 130 Å². The molecule has 2 heterocycles. The Hall–Kier alpha value is -5.50. The number of fused-ring (bicyclic) bond motifs is 2. The van der Waals surface area contributed by atoms with Crippen LogP contribution in [0.2, 0.25) is 0 Å². The first-order valence-electron chi connectivity index (χ1n) is 12.6. The monoisotopic (exact) mass is 531 g/mol. The van der Waals surface area contributed by atoms with Crippen LogP contribution < -0.4 is 19.8 Å². The zero-order valence-electron chi connectivity index (χ0n) is 21.2. The Kier molecular flexibility index (Phi) is 6.20. The van der Waals surface area contributed by atoms with E-state index in [0.29, 0.717) is 22.6 Å². The summed E-state index contributed by atoms with van der Waals surface area (Å²) in [5, 5.41) is 0.271. The van der Waals surface area contributed by atoms with Crippen LogP contribution in [0.15, 0.2) is 106 Å². The molecule has 0 atom stereocenters. The first kappa shape index (κ1) is 24.8. The highest BCUT2D eigenvalue weighted by Crippen LogP contribution is 2.29. The molecule has 1 aliphatic rings. The van der Waals surface area contributed by atoms with Crippen LogP contribution in [0.5, 0.6) is 17.2 Å². The van der Waals surface area contributed by atoms with Gasteiger partial charge in [0.25, 0.3) is 11.8 Å². The molecular weight excluding hydrogens is 510 g/mol. The highest BCUT2D eigenvalue weighted by atomic mass is 16.5. The fourth-order valence-electron chi connectivity index (χ4n) is 4.48. The lowest BCUT2D eigenvalue weighted by Gasteiger charge is -2.14. The third kappa shape index (κ3) is 4.41. The zero-order chi connectivity index (χ0) is 27.8. The van der Waals surface area contributed by atoms with Crippen molar-refractivity contribution in [2.45, 2.75) is 13.3 Å². The number of aryl methyl sites for hydroxylation is 1. The molecule has 4 aromatic carbocycles. The lowest BCUT2D eigenvalue weighted by atomic mass is 10.1. The van der Waals surface area contributed by atoms with E-state index in [0.717, 1.165) is 16.9 Å². The molecule has 0 bridgehead atoms. The smallest absolute Gasteiger partial charge is 0.343 e. The molecule has 0 radical (unpaired) electrons. The third-order valence-electron chi connectivity index (χ3n) is 6.64. The minimum Gasteiger partial charge on any atom is -0.460 e. The molecule has 5 aromatic rings. The number of hydrogen-bond donors (Lipinski definition) is 0. The first-order chi connectivity index (χ1) is 19.4. The Morgan fingerprint density at radius 1 is 0.800 bits per heavy atom. The second-order valence-electron chi connectivity index (χ2n) is 9.11. The van der Waals surface area contributed by atoms with Crippen molar-refractivity contribution in [2.24, 2.45) is 0 Å². The van der Waals surface area contributed by atoms with E-state index in [2.05, 4.69) is 6.92 Å². The second-order valence-corrected chi connectivity index (χ2v) is 9.11. The molecule has 8 heteroatoms. The van der Waals surface area contributed by atoms with Crippen LogP contribution in [0.25, 0.3) is 11.0 Å². The molecule has 0 unspecified atom stereocenters. The molecule has 0 spiro atoms. The molecular formula is C32H21NO7. The number of benzene rings is 4. The Balaban J connectivity index is 1.17. The lowest BCUT2D eigenvalue weighted by molar-refractivity contribution is 0.0734.